The normalized spacial score (nSPS) is 22.2. The van der Waals surface area contributed by atoms with Crippen LogP contribution in [0.25, 0.3) is 0 Å². The maximum atomic E-state index is 12.9. The maximum Gasteiger partial charge on any atom is 0.257 e. The van der Waals surface area contributed by atoms with E-state index in [1.807, 2.05) is 20.8 Å². The second kappa shape index (κ2) is 5.24. The fraction of sp³-hybridized carbons (Fsp3) is 0.688. The first-order chi connectivity index (χ1) is 9.58. The van der Waals surface area contributed by atoms with Gasteiger partial charge in [0.1, 0.15) is 11.5 Å². The zero-order valence-electron chi connectivity index (χ0n) is 12.7. The summed E-state index contributed by atoms with van der Waals surface area (Å²) >= 11 is 0. The van der Waals surface area contributed by atoms with E-state index in [0.29, 0.717) is 12.1 Å². The molecule has 1 atom stereocenters. The third-order valence-electron chi connectivity index (χ3n) is 4.60. The fourth-order valence-electron chi connectivity index (χ4n) is 3.19. The van der Waals surface area contributed by atoms with Crippen LogP contribution in [0.15, 0.2) is 4.42 Å². The van der Waals surface area contributed by atoms with Crippen LogP contribution in [0, 0.1) is 20.8 Å². The van der Waals surface area contributed by atoms with Crippen LogP contribution in [-0.4, -0.2) is 36.0 Å². The van der Waals surface area contributed by atoms with Crippen LogP contribution in [0.1, 0.15) is 53.1 Å². The van der Waals surface area contributed by atoms with Crippen molar-refractivity contribution in [3.8, 4) is 0 Å². The number of nitrogens with one attached hydrogen (secondary N) is 1. The Bertz CT molecular complexity index is 511. The molecule has 1 saturated heterocycles. The van der Waals surface area contributed by atoms with Crippen LogP contribution in [-0.2, 0) is 0 Å². The first kappa shape index (κ1) is 13.7. The summed E-state index contributed by atoms with van der Waals surface area (Å²) in [6.45, 7) is 7.73. The Morgan fingerprint density at radius 2 is 2.00 bits per heavy atom. The Balaban J connectivity index is 1.81. The maximum absolute atomic E-state index is 12.9. The van der Waals surface area contributed by atoms with Crippen LogP contribution in [0.5, 0.6) is 0 Å². The Morgan fingerprint density at radius 1 is 1.25 bits per heavy atom. The van der Waals surface area contributed by atoms with E-state index in [9.17, 15) is 4.79 Å². The molecule has 0 aromatic carbocycles. The van der Waals surface area contributed by atoms with Crippen LogP contribution in [0.4, 0.5) is 0 Å². The number of rotatable bonds is 4. The van der Waals surface area contributed by atoms with Crippen LogP contribution < -0.4 is 5.32 Å². The lowest BCUT2D eigenvalue weighted by atomic mass is 10.1. The number of carbonyl (C=O) groups excluding carboxylic acids is 1. The van der Waals surface area contributed by atoms with Gasteiger partial charge < -0.3 is 14.6 Å². The fourth-order valence-corrected chi connectivity index (χ4v) is 3.19. The molecule has 4 nitrogen and oxygen atoms in total. The van der Waals surface area contributed by atoms with Crippen molar-refractivity contribution in [2.75, 3.05) is 13.1 Å². The Hall–Kier alpha value is -1.29. The molecule has 1 saturated carbocycles. The minimum atomic E-state index is 0.160. The summed E-state index contributed by atoms with van der Waals surface area (Å²) in [4.78, 5) is 15.0. The van der Waals surface area contributed by atoms with Gasteiger partial charge in [-0.25, -0.2) is 0 Å². The van der Waals surface area contributed by atoms with Gasteiger partial charge in [0.15, 0.2) is 0 Å². The molecular formula is C16H24N2O2. The predicted octanol–water partition coefficient (Wildman–Crippen LogP) is 2.56. The van der Waals surface area contributed by atoms with E-state index >= 15 is 0 Å². The average molecular weight is 276 g/mol. The molecule has 4 heteroatoms. The number of hydrogen-bond donors (Lipinski definition) is 1. The largest absolute Gasteiger partial charge is 0.466 e. The molecule has 1 N–H and O–H groups in total. The summed E-state index contributed by atoms with van der Waals surface area (Å²) in [7, 11) is 0. The summed E-state index contributed by atoms with van der Waals surface area (Å²) in [5.74, 6) is 1.78. The zero-order valence-corrected chi connectivity index (χ0v) is 12.7. The Labute approximate surface area is 120 Å². The molecule has 0 radical (unpaired) electrons. The predicted molar refractivity (Wildman–Crippen MR) is 78.0 cm³/mol. The number of aryl methyl sites for hydroxylation is 2. The van der Waals surface area contributed by atoms with Gasteiger partial charge in [-0.05, 0) is 53.0 Å². The summed E-state index contributed by atoms with van der Waals surface area (Å²) in [6.07, 6.45) is 4.69. The SMILES string of the molecule is Cc1oc(C)c(C(=O)N(CC2CCCN2)C2CC2)c1C. The van der Waals surface area contributed by atoms with E-state index in [2.05, 4.69) is 10.2 Å². The highest BCUT2D eigenvalue weighted by Crippen LogP contribution is 2.31. The number of nitrogens with zero attached hydrogens (tertiary/aromatic N) is 1. The van der Waals surface area contributed by atoms with Gasteiger partial charge in [-0.3, -0.25) is 4.79 Å². The van der Waals surface area contributed by atoms with Gasteiger partial charge >= 0.3 is 0 Å². The molecule has 3 rings (SSSR count). The molecule has 0 bridgehead atoms. The summed E-state index contributed by atoms with van der Waals surface area (Å²) in [6, 6.07) is 0.909. The van der Waals surface area contributed by atoms with Gasteiger partial charge in [0.25, 0.3) is 5.91 Å². The lowest BCUT2D eigenvalue weighted by molar-refractivity contribution is 0.0726. The third kappa shape index (κ3) is 2.49. The summed E-state index contributed by atoms with van der Waals surface area (Å²) < 4.78 is 5.62. The average Bonchev–Trinajstić information content (AvgIpc) is 3.05. The molecule has 1 unspecified atom stereocenters. The molecule has 1 aromatic rings. The molecule has 1 aliphatic heterocycles. The van der Waals surface area contributed by atoms with Crippen LogP contribution in [0.3, 0.4) is 0 Å². The summed E-state index contributed by atoms with van der Waals surface area (Å²) in [5, 5.41) is 3.49. The molecule has 0 spiro atoms. The van der Waals surface area contributed by atoms with Crippen molar-refractivity contribution >= 4 is 5.91 Å². The second-order valence-electron chi connectivity index (χ2n) is 6.20. The van der Waals surface area contributed by atoms with Gasteiger partial charge in [-0.1, -0.05) is 0 Å². The number of carbonyl (C=O) groups is 1. The second-order valence-corrected chi connectivity index (χ2v) is 6.20. The van der Waals surface area contributed by atoms with E-state index in [-0.39, 0.29) is 5.91 Å². The smallest absolute Gasteiger partial charge is 0.257 e. The van der Waals surface area contributed by atoms with E-state index in [4.69, 9.17) is 4.42 Å². The minimum Gasteiger partial charge on any atom is -0.466 e. The van der Waals surface area contributed by atoms with Crippen LogP contribution >= 0.6 is 0 Å². The first-order valence-corrected chi connectivity index (χ1v) is 7.69. The van der Waals surface area contributed by atoms with Gasteiger partial charge in [-0.2, -0.15) is 0 Å². The van der Waals surface area contributed by atoms with Gasteiger partial charge in [-0.15, -0.1) is 0 Å². The van der Waals surface area contributed by atoms with E-state index in [0.717, 1.165) is 48.6 Å². The minimum absolute atomic E-state index is 0.160. The molecule has 1 aliphatic carbocycles. The number of amides is 1. The first-order valence-electron chi connectivity index (χ1n) is 7.69. The van der Waals surface area contributed by atoms with Gasteiger partial charge in [0.05, 0.1) is 5.56 Å². The lowest BCUT2D eigenvalue weighted by Gasteiger charge is -2.26. The Morgan fingerprint density at radius 3 is 2.50 bits per heavy atom. The van der Waals surface area contributed by atoms with Crippen molar-refractivity contribution in [3.05, 3.63) is 22.6 Å². The quantitative estimate of drug-likeness (QED) is 0.919. The Kier molecular flexibility index (Phi) is 3.59. The van der Waals surface area contributed by atoms with Gasteiger partial charge in [0.2, 0.25) is 0 Å². The van der Waals surface area contributed by atoms with Gasteiger partial charge in [0, 0.05) is 24.2 Å². The number of furan rings is 1. The van der Waals surface area contributed by atoms with Crippen molar-refractivity contribution in [1.29, 1.82) is 0 Å². The molecule has 2 fully saturated rings. The van der Waals surface area contributed by atoms with E-state index < -0.39 is 0 Å². The molecule has 2 aliphatic rings. The van der Waals surface area contributed by atoms with Crippen molar-refractivity contribution < 1.29 is 9.21 Å². The third-order valence-corrected chi connectivity index (χ3v) is 4.60. The lowest BCUT2D eigenvalue weighted by Crippen LogP contribution is -2.42. The van der Waals surface area contributed by atoms with Crippen molar-refractivity contribution in [1.82, 2.24) is 10.2 Å². The molecule has 1 amide bonds. The highest BCUT2D eigenvalue weighted by atomic mass is 16.3. The summed E-state index contributed by atoms with van der Waals surface area (Å²) in [5.41, 5.74) is 1.78. The molecule has 2 heterocycles. The standard InChI is InChI=1S/C16H24N2O2/c1-10-11(2)20-12(3)15(10)16(19)18(14-6-7-14)9-13-5-4-8-17-13/h13-14,17H,4-9H2,1-3H3. The molecular weight excluding hydrogens is 252 g/mol. The molecule has 110 valence electrons. The highest BCUT2D eigenvalue weighted by Gasteiger charge is 2.36. The monoisotopic (exact) mass is 276 g/mol. The number of hydrogen-bond acceptors (Lipinski definition) is 3. The van der Waals surface area contributed by atoms with E-state index in [1.165, 1.54) is 12.8 Å². The zero-order chi connectivity index (χ0) is 14.3. The van der Waals surface area contributed by atoms with Crippen molar-refractivity contribution in [2.24, 2.45) is 0 Å². The molecule has 20 heavy (non-hydrogen) atoms. The highest BCUT2D eigenvalue weighted by molar-refractivity contribution is 5.97. The van der Waals surface area contributed by atoms with E-state index in [1.54, 1.807) is 0 Å². The van der Waals surface area contributed by atoms with Crippen LogP contribution in [0.2, 0.25) is 0 Å². The van der Waals surface area contributed by atoms with Crippen molar-refractivity contribution in [3.63, 3.8) is 0 Å². The molecule has 1 aromatic heterocycles. The van der Waals surface area contributed by atoms with Crippen molar-refractivity contribution in [2.45, 2.75) is 58.5 Å². The topological polar surface area (TPSA) is 45.5 Å².